The predicted octanol–water partition coefficient (Wildman–Crippen LogP) is 4.81. The number of hydrogen-bond donors (Lipinski definition) is 1. The van der Waals surface area contributed by atoms with Gasteiger partial charge >= 0.3 is 12.4 Å². The molecule has 1 N–H and O–H groups in total. The van der Waals surface area contributed by atoms with Gasteiger partial charge < -0.3 is 24.4 Å². The third kappa shape index (κ3) is 6.39. The molecule has 0 saturated heterocycles. The third-order valence-electron chi connectivity index (χ3n) is 4.48. The summed E-state index contributed by atoms with van der Waals surface area (Å²) < 4.78 is 52.6. The molecule has 0 radical (unpaired) electrons. The quantitative estimate of drug-likeness (QED) is 0.495. The molecule has 0 aliphatic rings. The summed E-state index contributed by atoms with van der Waals surface area (Å²) in [4.78, 5) is 20.9. The van der Waals surface area contributed by atoms with Crippen molar-refractivity contribution in [3.63, 3.8) is 0 Å². The molecule has 3 rings (SSSR count). The van der Waals surface area contributed by atoms with E-state index in [9.17, 15) is 18.0 Å². The summed E-state index contributed by atoms with van der Waals surface area (Å²) in [5, 5.41) is 3.14. The summed E-state index contributed by atoms with van der Waals surface area (Å²) in [6.45, 7) is 0.828. The Labute approximate surface area is 192 Å². The van der Waals surface area contributed by atoms with Crippen LogP contribution in [0.4, 0.5) is 28.8 Å². The van der Waals surface area contributed by atoms with Crippen molar-refractivity contribution in [1.29, 1.82) is 0 Å². The van der Waals surface area contributed by atoms with Crippen molar-refractivity contribution in [3.8, 4) is 17.2 Å². The number of carbonyl (C=O) groups excluding carboxylic acids is 1. The fourth-order valence-corrected chi connectivity index (χ4v) is 3.89. The average molecular weight is 485 g/mol. The molecule has 1 aromatic heterocycles. The van der Waals surface area contributed by atoms with E-state index in [1.54, 1.807) is 18.2 Å². The van der Waals surface area contributed by atoms with E-state index in [1.165, 1.54) is 37.3 Å². The van der Waals surface area contributed by atoms with Gasteiger partial charge in [-0.05, 0) is 38.4 Å². The Morgan fingerprint density at radius 3 is 2.42 bits per heavy atom. The summed E-state index contributed by atoms with van der Waals surface area (Å²) in [6, 6.07) is 8.36. The van der Waals surface area contributed by atoms with Crippen LogP contribution in [0.3, 0.4) is 0 Å². The number of methoxy groups -OCH3 is 2. The van der Waals surface area contributed by atoms with Gasteiger partial charge in [0, 0.05) is 25.2 Å². The largest absolute Gasteiger partial charge is 0.573 e. The lowest BCUT2D eigenvalue weighted by Gasteiger charge is -2.23. The summed E-state index contributed by atoms with van der Waals surface area (Å²) in [5.74, 6) is 0.628. The molecule has 0 spiro atoms. The van der Waals surface area contributed by atoms with Gasteiger partial charge in [0.2, 0.25) is 0 Å². The first-order valence-electron chi connectivity index (χ1n) is 9.71. The van der Waals surface area contributed by atoms with Crippen molar-refractivity contribution < 1.29 is 32.2 Å². The van der Waals surface area contributed by atoms with E-state index in [0.29, 0.717) is 45.6 Å². The monoisotopic (exact) mass is 484 g/mol. The number of thiazole rings is 1. The Bertz CT molecular complexity index is 1120. The van der Waals surface area contributed by atoms with Crippen LogP contribution in [0.15, 0.2) is 36.4 Å². The average Bonchev–Trinajstić information content (AvgIpc) is 3.15. The zero-order valence-electron chi connectivity index (χ0n) is 18.4. The predicted molar refractivity (Wildman–Crippen MR) is 121 cm³/mol. The molecular weight excluding hydrogens is 461 g/mol. The van der Waals surface area contributed by atoms with Crippen LogP contribution in [0.1, 0.15) is 0 Å². The van der Waals surface area contributed by atoms with Crippen LogP contribution >= 0.6 is 11.3 Å². The number of alkyl halides is 3. The maximum absolute atomic E-state index is 13.2. The molecule has 0 fully saturated rings. The number of likely N-dealkylation sites (N-methyl/N-ethyl adjacent to an activating group) is 1. The van der Waals surface area contributed by atoms with Gasteiger partial charge in [0.05, 0.1) is 30.1 Å². The molecule has 0 saturated carbocycles. The fourth-order valence-electron chi connectivity index (χ4n) is 2.87. The molecule has 0 atom stereocenters. The second kappa shape index (κ2) is 10.1. The van der Waals surface area contributed by atoms with Gasteiger partial charge in [-0.3, -0.25) is 4.90 Å². The van der Waals surface area contributed by atoms with E-state index in [2.05, 4.69) is 15.0 Å². The zero-order valence-corrected chi connectivity index (χ0v) is 19.2. The molecule has 2 aromatic carbocycles. The number of nitrogens with one attached hydrogen (secondary N) is 1. The number of nitrogens with zero attached hydrogens (tertiary/aromatic N) is 3. The smallest absolute Gasteiger partial charge is 0.497 e. The first-order chi connectivity index (χ1) is 15.6. The molecule has 0 bridgehead atoms. The van der Waals surface area contributed by atoms with Crippen LogP contribution in [0.25, 0.3) is 10.2 Å². The second-order valence-electron chi connectivity index (χ2n) is 7.13. The Morgan fingerprint density at radius 2 is 1.79 bits per heavy atom. The van der Waals surface area contributed by atoms with Gasteiger partial charge in [-0.15, -0.1) is 13.2 Å². The molecule has 8 nitrogen and oxygen atoms in total. The van der Waals surface area contributed by atoms with Gasteiger partial charge in [0.25, 0.3) is 0 Å². The highest BCUT2D eigenvalue weighted by Gasteiger charge is 2.31. The normalized spacial score (nSPS) is 11.5. The lowest BCUT2D eigenvalue weighted by atomic mass is 10.2. The molecular formula is C21H23F3N4O4S. The molecule has 33 heavy (non-hydrogen) atoms. The molecule has 3 aromatic rings. The maximum Gasteiger partial charge on any atom is 0.573 e. The Kier molecular flexibility index (Phi) is 7.49. The second-order valence-corrected chi connectivity index (χ2v) is 8.13. The molecule has 2 amide bonds. The number of halogens is 3. The van der Waals surface area contributed by atoms with Crippen LogP contribution in [0, 0.1) is 0 Å². The third-order valence-corrected chi connectivity index (χ3v) is 5.52. The topological polar surface area (TPSA) is 76.2 Å². The van der Waals surface area contributed by atoms with Crippen molar-refractivity contribution in [3.05, 3.63) is 36.4 Å². The highest BCUT2D eigenvalue weighted by Crippen LogP contribution is 2.34. The number of fused-ring (bicyclic) bond motifs is 1. The van der Waals surface area contributed by atoms with E-state index < -0.39 is 12.4 Å². The molecule has 178 valence electrons. The number of hydrogen-bond acceptors (Lipinski definition) is 7. The Hall–Kier alpha value is -3.25. The number of rotatable bonds is 8. The molecule has 0 aliphatic heterocycles. The Morgan fingerprint density at radius 1 is 1.06 bits per heavy atom. The van der Waals surface area contributed by atoms with E-state index >= 15 is 0 Å². The molecule has 0 aliphatic carbocycles. The van der Waals surface area contributed by atoms with Crippen molar-refractivity contribution in [2.45, 2.75) is 6.36 Å². The van der Waals surface area contributed by atoms with Crippen molar-refractivity contribution in [1.82, 2.24) is 9.88 Å². The van der Waals surface area contributed by atoms with Crippen LogP contribution in [0.2, 0.25) is 0 Å². The number of ether oxygens (including phenoxy) is 3. The minimum absolute atomic E-state index is 0.295. The van der Waals surface area contributed by atoms with Crippen LogP contribution in [-0.4, -0.2) is 63.7 Å². The Balaban J connectivity index is 1.90. The molecule has 0 unspecified atom stereocenters. The molecule has 1 heterocycles. The summed E-state index contributed by atoms with van der Waals surface area (Å²) >= 11 is 1.09. The molecule has 12 heteroatoms. The minimum atomic E-state index is -4.80. The minimum Gasteiger partial charge on any atom is -0.497 e. The van der Waals surface area contributed by atoms with Crippen LogP contribution in [0.5, 0.6) is 17.2 Å². The lowest BCUT2D eigenvalue weighted by Crippen LogP contribution is -2.39. The zero-order chi connectivity index (χ0) is 24.2. The number of benzene rings is 2. The summed E-state index contributed by atoms with van der Waals surface area (Å²) in [5.41, 5.74) is 0.884. The van der Waals surface area contributed by atoms with Gasteiger partial charge in [-0.2, -0.15) is 0 Å². The number of amides is 2. The van der Waals surface area contributed by atoms with Gasteiger partial charge in [0.15, 0.2) is 5.13 Å². The van der Waals surface area contributed by atoms with Gasteiger partial charge in [-0.1, -0.05) is 11.3 Å². The summed E-state index contributed by atoms with van der Waals surface area (Å²) in [6.07, 6.45) is -4.80. The fraction of sp³-hybridized carbons (Fsp3) is 0.333. The van der Waals surface area contributed by atoms with Gasteiger partial charge in [0.1, 0.15) is 17.2 Å². The SMILES string of the molecule is COc1ccc(NC(=O)N(CCN(C)C)c2nc3ccc(OC(F)(F)F)cc3s2)c(OC)c1. The first kappa shape index (κ1) is 24.4. The van der Waals surface area contributed by atoms with Crippen LogP contribution < -0.4 is 24.4 Å². The van der Waals surface area contributed by atoms with Gasteiger partial charge in [-0.25, -0.2) is 9.78 Å². The van der Waals surface area contributed by atoms with Crippen molar-refractivity contribution in [2.24, 2.45) is 0 Å². The van der Waals surface area contributed by atoms with E-state index in [-0.39, 0.29) is 5.75 Å². The highest BCUT2D eigenvalue weighted by molar-refractivity contribution is 7.22. The number of aromatic nitrogens is 1. The number of carbonyl (C=O) groups is 1. The highest BCUT2D eigenvalue weighted by atomic mass is 32.1. The lowest BCUT2D eigenvalue weighted by molar-refractivity contribution is -0.274. The van der Waals surface area contributed by atoms with Crippen LogP contribution in [-0.2, 0) is 0 Å². The first-order valence-corrected chi connectivity index (χ1v) is 10.5. The summed E-state index contributed by atoms with van der Waals surface area (Å²) in [7, 11) is 6.72. The number of urea groups is 1. The van der Waals surface area contributed by atoms with Crippen molar-refractivity contribution in [2.75, 3.05) is 51.6 Å². The van der Waals surface area contributed by atoms with E-state index in [1.807, 2.05) is 19.0 Å². The van der Waals surface area contributed by atoms with E-state index in [4.69, 9.17) is 9.47 Å². The van der Waals surface area contributed by atoms with Crippen molar-refractivity contribution >= 4 is 38.4 Å². The standard InChI is InChI=1S/C21H23F3N4O4S/c1-27(2)9-10-28(19(29)25-15-7-5-13(30-3)11-17(15)31-4)20-26-16-8-6-14(12-18(16)33-20)32-21(22,23)24/h5-8,11-12H,9-10H2,1-4H3,(H,25,29). The maximum atomic E-state index is 13.2. The number of anilines is 2. The van der Waals surface area contributed by atoms with E-state index in [0.717, 1.165) is 11.3 Å².